The van der Waals surface area contributed by atoms with Gasteiger partial charge in [-0.3, -0.25) is 4.98 Å². The molecule has 3 nitrogen and oxygen atoms in total. The number of nitrogens with zero attached hydrogens (tertiary/aromatic N) is 1. The van der Waals surface area contributed by atoms with Gasteiger partial charge in [-0.1, -0.05) is 12.1 Å². The van der Waals surface area contributed by atoms with Crippen molar-refractivity contribution in [3.05, 3.63) is 59.9 Å². The lowest BCUT2D eigenvalue weighted by Gasteiger charge is -2.15. The van der Waals surface area contributed by atoms with E-state index in [4.69, 9.17) is 4.74 Å². The van der Waals surface area contributed by atoms with Gasteiger partial charge in [-0.15, -0.1) is 0 Å². The Morgan fingerprint density at radius 2 is 1.80 bits per heavy atom. The van der Waals surface area contributed by atoms with Gasteiger partial charge in [0.25, 0.3) is 0 Å². The molecule has 0 amide bonds. The fraction of sp³-hybridized carbons (Fsp3) is 0.353. The Morgan fingerprint density at radius 1 is 1.10 bits per heavy atom. The van der Waals surface area contributed by atoms with E-state index < -0.39 is 0 Å². The Morgan fingerprint density at radius 3 is 2.45 bits per heavy atom. The van der Waals surface area contributed by atoms with E-state index in [-0.39, 0.29) is 0 Å². The normalized spacial score (nSPS) is 12.1. The summed E-state index contributed by atoms with van der Waals surface area (Å²) in [6.07, 6.45) is 4.69. The van der Waals surface area contributed by atoms with Crippen LogP contribution in [0, 0.1) is 0 Å². The van der Waals surface area contributed by atoms with E-state index in [0.717, 1.165) is 18.7 Å². The second-order valence-electron chi connectivity index (χ2n) is 4.78. The zero-order chi connectivity index (χ0) is 14.2. The Bertz CT molecular complexity index is 496. The maximum absolute atomic E-state index is 5.45. The van der Waals surface area contributed by atoms with Crippen molar-refractivity contribution in [1.29, 1.82) is 0 Å². The molecule has 0 spiro atoms. The Hall–Kier alpha value is -1.87. The molecule has 1 aromatic heterocycles. The summed E-state index contributed by atoms with van der Waals surface area (Å²) in [5.41, 5.74) is 2.59. The molecule has 1 aromatic carbocycles. The van der Waals surface area contributed by atoms with Crippen LogP contribution < -0.4 is 10.1 Å². The first-order chi connectivity index (χ1) is 9.79. The first-order valence-electron chi connectivity index (χ1n) is 7.14. The standard InChI is InChI=1S/C17H22N2O/c1-3-20-17-6-4-16(5-7-17)14(2)19-13-10-15-8-11-18-12-9-15/h4-9,11-12,14,19H,3,10,13H2,1-2H3. The summed E-state index contributed by atoms with van der Waals surface area (Å²) in [5, 5.41) is 3.54. The second-order valence-corrected chi connectivity index (χ2v) is 4.78. The Balaban J connectivity index is 1.80. The van der Waals surface area contributed by atoms with Gasteiger partial charge < -0.3 is 10.1 Å². The van der Waals surface area contributed by atoms with Crippen molar-refractivity contribution in [3.8, 4) is 5.75 Å². The highest BCUT2D eigenvalue weighted by molar-refractivity contribution is 5.28. The minimum absolute atomic E-state index is 0.340. The van der Waals surface area contributed by atoms with Crippen LogP contribution in [-0.4, -0.2) is 18.1 Å². The summed E-state index contributed by atoms with van der Waals surface area (Å²) in [5.74, 6) is 0.931. The van der Waals surface area contributed by atoms with Crippen LogP contribution in [-0.2, 0) is 6.42 Å². The van der Waals surface area contributed by atoms with Crippen molar-refractivity contribution < 1.29 is 4.74 Å². The fourth-order valence-corrected chi connectivity index (χ4v) is 2.12. The molecule has 106 valence electrons. The van der Waals surface area contributed by atoms with Gasteiger partial charge in [0.05, 0.1) is 6.61 Å². The first-order valence-corrected chi connectivity index (χ1v) is 7.14. The van der Waals surface area contributed by atoms with Crippen molar-refractivity contribution in [3.63, 3.8) is 0 Å². The summed E-state index contributed by atoms with van der Waals surface area (Å²) in [4.78, 5) is 4.03. The van der Waals surface area contributed by atoms with Gasteiger partial charge in [0.1, 0.15) is 5.75 Å². The summed E-state index contributed by atoms with van der Waals surface area (Å²) in [7, 11) is 0. The molecule has 1 unspecified atom stereocenters. The van der Waals surface area contributed by atoms with E-state index >= 15 is 0 Å². The van der Waals surface area contributed by atoms with Crippen LogP contribution in [0.4, 0.5) is 0 Å². The second kappa shape index (κ2) is 7.65. The van der Waals surface area contributed by atoms with Gasteiger partial charge in [0.2, 0.25) is 0 Å². The molecule has 1 heterocycles. The molecule has 0 fully saturated rings. The summed E-state index contributed by atoms with van der Waals surface area (Å²) in [6.45, 7) is 5.84. The minimum atomic E-state index is 0.340. The zero-order valence-electron chi connectivity index (χ0n) is 12.2. The number of rotatable bonds is 7. The minimum Gasteiger partial charge on any atom is -0.494 e. The number of nitrogens with one attached hydrogen (secondary N) is 1. The third-order valence-electron chi connectivity index (χ3n) is 3.30. The van der Waals surface area contributed by atoms with E-state index in [1.165, 1.54) is 11.1 Å². The average Bonchev–Trinajstić information content (AvgIpc) is 2.49. The summed E-state index contributed by atoms with van der Waals surface area (Å²) >= 11 is 0. The molecule has 2 aromatic rings. The van der Waals surface area contributed by atoms with Gasteiger partial charge in [-0.05, 0) is 62.2 Å². The highest BCUT2D eigenvalue weighted by Crippen LogP contribution is 2.17. The predicted octanol–water partition coefficient (Wildman–Crippen LogP) is 3.37. The largest absolute Gasteiger partial charge is 0.494 e. The molecule has 2 rings (SSSR count). The van der Waals surface area contributed by atoms with Crippen LogP contribution >= 0.6 is 0 Å². The topological polar surface area (TPSA) is 34.1 Å². The molecule has 1 N–H and O–H groups in total. The van der Waals surface area contributed by atoms with E-state index in [9.17, 15) is 0 Å². The molecular formula is C17H22N2O. The van der Waals surface area contributed by atoms with E-state index in [0.29, 0.717) is 12.6 Å². The Labute approximate surface area is 121 Å². The monoisotopic (exact) mass is 270 g/mol. The molecule has 3 heteroatoms. The molecule has 0 radical (unpaired) electrons. The first kappa shape index (κ1) is 14.5. The van der Waals surface area contributed by atoms with Crippen molar-refractivity contribution in [2.75, 3.05) is 13.2 Å². The SMILES string of the molecule is CCOc1ccc(C(C)NCCc2ccncc2)cc1. The highest BCUT2D eigenvalue weighted by atomic mass is 16.5. The Kier molecular flexibility index (Phi) is 5.56. The fourth-order valence-electron chi connectivity index (χ4n) is 2.12. The summed E-state index contributed by atoms with van der Waals surface area (Å²) < 4.78 is 5.45. The van der Waals surface area contributed by atoms with Crippen LogP contribution in [0.25, 0.3) is 0 Å². The lowest BCUT2D eigenvalue weighted by atomic mass is 10.1. The highest BCUT2D eigenvalue weighted by Gasteiger charge is 2.04. The lowest BCUT2D eigenvalue weighted by Crippen LogP contribution is -2.21. The number of aromatic nitrogens is 1. The molecule has 0 bridgehead atoms. The number of benzene rings is 1. The van der Waals surface area contributed by atoms with Gasteiger partial charge >= 0.3 is 0 Å². The third-order valence-corrected chi connectivity index (χ3v) is 3.30. The molecule has 20 heavy (non-hydrogen) atoms. The van der Waals surface area contributed by atoms with Crippen LogP contribution in [0.5, 0.6) is 5.75 Å². The van der Waals surface area contributed by atoms with Crippen LogP contribution in [0.1, 0.15) is 31.0 Å². The van der Waals surface area contributed by atoms with Crippen molar-refractivity contribution in [1.82, 2.24) is 10.3 Å². The van der Waals surface area contributed by atoms with Gasteiger partial charge in [0, 0.05) is 18.4 Å². The van der Waals surface area contributed by atoms with Crippen molar-refractivity contribution in [2.45, 2.75) is 26.3 Å². The molecule has 1 atom stereocenters. The predicted molar refractivity (Wildman–Crippen MR) is 82.0 cm³/mol. The smallest absolute Gasteiger partial charge is 0.119 e. The van der Waals surface area contributed by atoms with E-state index in [1.807, 2.05) is 31.5 Å². The van der Waals surface area contributed by atoms with Crippen LogP contribution in [0.2, 0.25) is 0 Å². The van der Waals surface area contributed by atoms with E-state index in [2.05, 4.69) is 41.5 Å². The molecule has 0 aliphatic carbocycles. The molecule has 0 saturated carbocycles. The third kappa shape index (κ3) is 4.35. The molecule has 0 aliphatic rings. The lowest BCUT2D eigenvalue weighted by molar-refractivity contribution is 0.340. The quantitative estimate of drug-likeness (QED) is 0.837. The maximum atomic E-state index is 5.45. The molecule has 0 saturated heterocycles. The molecule has 0 aliphatic heterocycles. The van der Waals surface area contributed by atoms with E-state index in [1.54, 1.807) is 0 Å². The number of hydrogen-bond acceptors (Lipinski definition) is 3. The maximum Gasteiger partial charge on any atom is 0.119 e. The molecular weight excluding hydrogens is 248 g/mol. The van der Waals surface area contributed by atoms with Gasteiger partial charge in [0.15, 0.2) is 0 Å². The van der Waals surface area contributed by atoms with Crippen LogP contribution in [0.15, 0.2) is 48.8 Å². The number of pyridine rings is 1. The average molecular weight is 270 g/mol. The van der Waals surface area contributed by atoms with Crippen LogP contribution in [0.3, 0.4) is 0 Å². The summed E-state index contributed by atoms with van der Waals surface area (Å²) in [6, 6.07) is 12.8. The number of hydrogen-bond donors (Lipinski definition) is 1. The van der Waals surface area contributed by atoms with Gasteiger partial charge in [-0.2, -0.15) is 0 Å². The van der Waals surface area contributed by atoms with Crippen molar-refractivity contribution in [2.24, 2.45) is 0 Å². The number of ether oxygens (including phenoxy) is 1. The zero-order valence-corrected chi connectivity index (χ0v) is 12.2. The van der Waals surface area contributed by atoms with Crippen molar-refractivity contribution >= 4 is 0 Å². The van der Waals surface area contributed by atoms with Gasteiger partial charge in [-0.25, -0.2) is 0 Å².